The quantitative estimate of drug-likeness (QED) is 0.784. The maximum atomic E-state index is 13.2. The molecule has 1 unspecified atom stereocenters. The maximum Gasteiger partial charge on any atom is 0.417 e. The summed E-state index contributed by atoms with van der Waals surface area (Å²) < 4.78 is 39.7. The maximum absolute atomic E-state index is 13.2. The van der Waals surface area contributed by atoms with Gasteiger partial charge < -0.3 is 5.73 Å². The van der Waals surface area contributed by atoms with Gasteiger partial charge >= 0.3 is 6.18 Å². The van der Waals surface area contributed by atoms with Crippen LogP contribution in [0.4, 0.5) is 13.2 Å². The minimum atomic E-state index is -4.30. The Bertz CT molecular complexity index is 465. The van der Waals surface area contributed by atoms with Gasteiger partial charge in [-0.25, -0.2) is 0 Å². The van der Waals surface area contributed by atoms with Crippen LogP contribution in [0, 0.1) is 5.92 Å². The molecule has 1 aromatic rings. The molecular formula is C16H22F3NS. The average molecular weight is 317 g/mol. The second-order valence-corrected chi connectivity index (χ2v) is 7.03. The Labute approximate surface area is 128 Å². The highest BCUT2D eigenvalue weighted by atomic mass is 32.2. The second kappa shape index (κ2) is 7.05. The molecule has 2 N–H and O–H groups in total. The van der Waals surface area contributed by atoms with Gasteiger partial charge in [0.25, 0.3) is 0 Å². The number of benzene rings is 1. The van der Waals surface area contributed by atoms with Gasteiger partial charge in [0.15, 0.2) is 0 Å². The molecule has 118 valence electrons. The van der Waals surface area contributed by atoms with Gasteiger partial charge in [-0.15, -0.1) is 11.8 Å². The van der Waals surface area contributed by atoms with Gasteiger partial charge in [-0.2, -0.15) is 13.2 Å². The summed E-state index contributed by atoms with van der Waals surface area (Å²) in [6.07, 6.45) is 0.895. The SMILES string of the molecule is CC(N)Cc1ccc(SCC2CCCC2)c(C(F)(F)F)c1. The van der Waals surface area contributed by atoms with Crippen LogP contribution in [0.1, 0.15) is 43.7 Å². The van der Waals surface area contributed by atoms with E-state index in [0.717, 1.165) is 18.6 Å². The summed E-state index contributed by atoms with van der Waals surface area (Å²) in [6, 6.07) is 4.51. The lowest BCUT2D eigenvalue weighted by molar-refractivity contribution is -0.139. The largest absolute Gasteiger partial charge is 0.417 e. The molecule has 2 rings (SSSR count). The molecule has 1 aliphatic rings. The Balaban J connectivity index is 2.14. The van der Waals surface area contributed by atoms with Crippen molar-refractivity contribution in [3.05, 3.63) is 29.3 Å². The third-order valence-electron chi connectivity index (χ3n) is 3.86. The molecule has 1 fully saturated rings. The first-order valence-corrected chi connectivity index (χ1v) is 8.43. The average Bonchev–Trinajstić information content (AvgIpc) is 2.88. The first kappa shape index (κ1) is 16.7. The summed E-state index contributed by atoms with van der Waals surface area (Å²) in [6.45, 7) is 1.80. The number of halogens is 3. The van der Waals surface area contributed by atoms with Crippen molar-refractivity contribution in [2.75, 3.05) is 5.75 Å². The van der Waals surface area contributed by atoms with Crippen molar-refractivity contribution in [2.24, 2.45) is 11.7 Å². The molecule has 0 spiro atoms. The molecule has 1 nitrogen and oxygen atoms in total. The van der Waals surface area contributed by atoms with Crippen molar-refractivity contribution in [2.45, 2.75) is 56.1 Å². The third-order valence-corrected chi connectivity index (χ3v) is 5.16. The third kappa shape index (κ3) is 4.92. The van der Waals surface area contributed by atoms with Crippen molar-refractivity contribution in [3.63, 3.8) is 0 Å². The Kier molecular flexibility index (Phi) is 5.60. The molecule has 0 bridgehead atoms. The molecular weight excluding hydrogens is 295 g/mol. The molecule has 0 aromatic heterocycles. The van der Waals surface area contributed by atoms with Gasteiger partial charge in [-0.05, 0) is 49.8 Å². The molecule has 0 radical (unpaired) electrons. The van der Waals surface area contributed by atoms with E-state index in [1.54, 1.807) is 19.1 Å². The fourth-order valence-electron chi connectivity index (χ4n) is 2.81. The fourth-order valence-corrected chi connectivity index (χ4v) is 4.05. The number of rotatable bonds is 5. The molecule has 1 aliphatic carbocycles. The molecule has 0 saturated heterocycles. The van der Waals surface area contributed by atoms with E-state index in [9.17, 15) is 13.2 Å². The van der Waals surface area contributed by atoms with E-state index in [0.29, 0.717) is 22.8 Å². The zero-order chi connectivity index (χ0) is 15.5. The van der Waals surface area contributed by atoms with Crippen LogP contribution in [0.3, 0.4) is 0 Å². The van der Waals surface area contributed by atoms with Crippen LogP contribution in [0.5, 0.6) is 0 Å². The van der Waals surface area contributed by atoms with E-state index in [1.165, 1.54) is 30.7 Å². The summed E-state index contributed by atoms with van der Waals surface area (Å²) in [5, 5.41) is 0. The highest BCUT2D eigenvalue weighted by molar-refractivity contribution is 7.99. The van der Waals surface area contributed by atoms with E-state index in [2.05, 4.69) is 0 Å². The Morgan fingerprint density at radius 3 is 2.52 bits per heavy atom. The van der Waals surface area contributed by atoms with Gasteiger partial charge in [0.2, 0.25) is 0 Å². The van der Waals surface area contributed by atoms with Gasteiger partial charge in [-0.1, -0.05) is 18.9 Å². The van der Waals surface area contributed by atoms with E-state index in [4.69, 9.17) is 5.73 Å². The standard InChI is InChI=1S/C16H22F3NS/c1-11(20)8-13-6-7-15(14(9-13)16(17,18)19)21-10-12-4-2-3-5-12/h6-7,9,11-12H,2-5,8,10,20H2,1H3. The number of nitrogens with two attached hydrogens (primary N) is 1. The van der Waals surface area contributed by atoms with E-state index >= 15 is 0 Å². The lowest BCUT2D eigenvalue weighted by Crippen LogP contribution is -2.18. The number of thioether (sulfide) groups is 1. The minimum Gasteiger partial charge on any atom is -0.328 e. The topological polar surface area (TPSA) is 26.0 Å². The monoisotopic (exact) mass is 317 g/mol. The zero-order valence-corrected chi connectivity index (χ0v) is 13.1. The number of alkyl halides is 3. The molecule has 1 aromatic carbocycles. The molecule has 0 aliphatic heterocycles. The minimum absolute atomic E-state index is 0.136. The van der Waals surface area contributed by atoms with Gasteiger partial charge in [-0.3, -0.25) is 0 Å². The molecule has 0 amide bonds. The number of hydrogen-bond donors (Lipinski definition) is 1. The first-order chi connectivity index (χ1) is 9.86. The number of hydrogen-bond acceptors (Lipinski definition) is 2. The van der Waals surface area contributed by atoms with Gasteiger partial charge in [0.1, 0.15) is 0 Å². The van der Waals surface area contributed by atoms with Crippen molar-refractivity contribution < 1.29 is 13.2 Å². The van der Waals surface area contributed by atoms with Crippen LogP contribution in [0.25, 0.3) is 0 Å². The predicted molar refractivity (Wildman–Crippen MR) is 81.5 cm³/mol. The lowest BCUT2D eigenvalue weighted by atomic mass is 10.0. The first-order valence-electron chi connectivity index (χ1n) is 7.45. The van der Waals surface area contributed by atoms with E-state index in [-0.39, 0.29) is 6.04 Å². The Morgan fingerprint density at radius 1 is 1.29 bits per heavy atom. The van der Waals surface area contributed by atoms with Crippen LogP contribution in [0.15, 0.2) is 23.1 Å². The van der Waals surface area contributed by atoms with Gasteiger partial charge in [0.05, 0.1) is 5.56 Å². The Morgan fingerprint density at radius 2 is 1.95 bits per heavy atom. The summed E-state index contributed by atoms with van der Waals surface area (Å²) >= 11 is 1.35. The zero-order valence-electron chi connectivity index (χ0n) is 12.2. The van der Waals surface area contributed by atoms with Crippen LogP contribution in [0.2, 0.25) is 0 Å². The second-order valence-electron chi connectivity index (χ2n) is 5.97. The summed E-state index contributed by atoms with van der Waals surface area (Å²) in [4.78, 5) is 0.350. The smallest absolute Gasteiger partial charge is 0.328 e. The summed E-state index contributed by atoms with van der Waals surface area (Å²) in [5.41, 5.74) is 5.82. The Hall–Kier alpha value is -0.680. The van der Waals surface area contributed by atoms with Crippen molar-refractivity contribution in [1.82, 2.24) is 0 Å². The molecule has 1 saturated carbocycles. The highest BCUT2D eigenvalue weighted by Gasteiger charge is 2.34. The van der Waals surface area contributed by atoms with Crippen LogP contribution < -0.4 is 5.73 Å². The lowest BCUT2D eigenvalue weighted by Gasteiger charge is -2.16. The summed E-state index contributed by atoms with van der Waals surface area (Å²) in [7, 11) is 0. The van der Waals surface area contributed by atoms with Crippen LogP contribution in [-0.4, -0.2) is 11.8 Å². The van der Waals surface area contributed by atoms with Crippen molar-refractivity contribution in [1.29, 1.82) is 0 Å². The fraction of sp³-hybridized carbons (Fsp3) is 0.625. The van der Waals surface area contributed by atoms with Crippen molar-refractivity contribution >= 4 is 11.8 Å². The van der Waals surface area contributed by atoms with Crippen LogP contribution >= 0.6 is 11.8 Å². The molecule has 0 heterocycles. The highest BCUT2D eigenvalue weighted by Crippen LogP contribution is 2.39. The predicted octanol–water partition coefficient (Wildman–Crippen LogP) is 4.88. The van der Waals surface area contributed by atoms with Crippen molar-refractivity contribution in [3.8, 4) is 0 Å². The summed E-state index contributed by atoms with van der Waals surface area (Å²) in [5.74, 6) is 1.36. The van der Waals surface area contributed by atoms with Crippen LogP contribution in [-0.2, 0) is 12.6 Å². The molecule has 1 atom stereocenters. The van der Waals surface area contributed by atoms with E-state index < -0.39 is 11.7 Å². The van der Waals surface area contributed by atoms with Gasteiger partial charge in [0, 0.05) is 16.7 Å². The molecule has 21 heavy (non-hydrogen) atoms. The molecule has 5 heteroatoms. The van der Waals surface area contributed by atoms with E-state index in [1.807, 2.05) is 0 Å². The normalized spacial score (nSPS) is 18.1.